The molecule has 0 aromatic heterocycles. The summed E-state index contributed by atoms with van der Waals surface area (Å²) in [6.07, 6.45) is 3.72. The number of hydrogen-bond acceptors (Lipinski definition) is 1. The topological polar surface area (TPSA) is 26.0 Å². The van der Waals surface area contributed by atoms with E-state index >= 15 is 0 Å². The first-order valence-electron chi connectivity index (χ1n) is 2.01. The van der Waals surface area contributed by atoms with Crippen molar-refractivity contribution in [2.24, 2.45) is 5.73 Å². The molecule has 0 aliphatic heterocycles. The van der Waals surface area contributed by atoms with Crippen LogP contribution in [0, 0.1) is 0 Å². The fraction of sp³-hybridized carbons (Fsp3) is 0. The molecule has 3 heteroatoms. The predicted molar refractivity (Wildman–Crippen MR) is 41.5 cm³/mol. The number of hydrogen-bond donors (Lipinski definition) is 1. The van der Waals surface area contributed by atoms with Gasteiger partial charge in [-0.3, -0.25) is 0 Å². The molecular weight excluding hydrogens is 252 g/mol. The first kappa shape index (κ1) is 8.46. The zero-order chi connectivity index (χ0) is 6.41. The average Bonchev–Trinajstić information content (AvgIpc) is 1.83. The number of rotatable bonds is 2. The van der Waals surface area contributed by atoms with E-state index in [9.17, 15) is 0 Å². The van der Waals surface area contributed by atoms with Crippen molar-refractivity contribution in [3.05, 3.63) is 21.9 Å². The Balaban J connectivity index is 3.69. The molecule has 0 aliphatic carbocycles. The van der Waals surface area contributed by atoms with E-state index in [4.69, 9.17) is 5.73 Å². The molecule has 0 radical (unpaired) electrons. The van der Waals surface area contributed by atoms with Gasteiger partial charge in [0.15, 0.2) is 0 Å². The Kier molecular flexibility index (Phi) is 5.92. The molecule has 0 rings (SSSR count). The van der Waals surface area contributed by atoms with Gasteiger partial charge in [-0.1, -0.05) is 0 Å². The predicted octanol–water partition coefficient (Wildman–Crippen LogP) is 1.13. The van der Waals surface area contributed by atoms with Crippen LogP contribution in [0.15, 0.2) is 21.9 Å². The van der Waals surface area contributed by atoms with Crippen molar-refractivity contribution in [3.63, 3.8) is 0 Å². The van der Waals surface area contributed by atoms with Crippen molar-refractivity contribution in [2.75, 3.05) is 0 Å². The molecule has 0 fully saturated rings. The second-order valence-electron chi connectivity index (χ2n) is 1.12. The molecule has 1 nitrogen and oxygen atoms in total. The van der Waals surface area contributed by atoms with Crippen LogP contribution >= 0.6 is 22.6 Å². The van der Waals surface area contributed by atoms with Crippen LogP contribution < -0.4 is 5.73 Å². The Morgan fingerprint density at radius 2 is 2.25 bits per heavy atom. The second kappa shape index (κ2) is 5.60. The fourth-order valence-corrected chi connectivity index (χ4v) is 0.533. The third kappa shape index (κ3) is 4.62. The maximum atomic E-state index is 5.40. The summed E-state index contributed by atoms with van der Waals surface area (Å²) in [4.78, 5) is 0. The van der Waals surface area contributed by atoms with Gasteiger partial charge in [0.25, 0.3) is 0 Å². The van der Waals surface area contributed by atoms with Gasteiger partial charge in [-0.15, -0.1) is 0 Å². The van der Waals surface area contributed by atoms with Crippen LogP contribution in [0.4, 0.5) is 0 Å². The third-order valence-corrected chi connectivity index (χ3v) is 1.49. The van der Waals surface area contributed by atoms with Gasteiger partial charge in [0.1, 0.15) is 0 Å². The van der Waals surface area contributed by atoms with Gasteiger partial charge in [-0.2, -0.15) is 0 Å². The summed E-state index contributed by atoms with van der Waals surface area (Å²) >= 11 is 4.44. The molecule has 0 saturated heterocycles. The molecule has 0 aromatic rings. The Morgan fingerprint density at radius 1 is 1.62 bits per heavy atom. The van der Waals surface area contributed by atoms with E-state index in [0.29, 0.717) is 0 Å². The van der Waals surface area contributed by atoms with E-state index < -0.39 is 0 Å². The van der Waals surface area contributed by atoms with E-state index in [1.165, 1.54) is 0 Å². The van der Waals surface area contributed by atoms with E-state index in [0.717, 1.165) is 5.70 Å². The van der Waals surface area contributed by atoms with Gasteiger partial charge in [-0.25, -0.2) is 0 Å². The summed E-state index contributed by atoms with van der Waals surface area (Å²) in [6, 6.07) is 0. The van der Waals surface area contributed by atoms with Crippen molar-refractivity contribution in [2.45, 2.75) is 0 Å². The second-order valence-corrected chi connectivity index (χ2v) is 2.21. The van der Waals surface area contributed by atoms with Crippen molar-refractivity contribution in [1.29, 1.82) is 0 Å². The zero-order valence-electron chi connectivity index (χ0n) is 4.21. The molecule has 43 valence electrons. The van der Waals surface area contributed by atoms with Gasteiger partial charge in [0, 0.05) is 0 Å². The van der Waals surface area contributed by atoms with Crippen molar-refractivity contribution in [3.8, 4) is 0 Å². The van der Waals surface area contributed by atoms with Gasteiger partial charge in [0.2, 0.25) is 0 Å². The normalized spacial score (nSPS) is 12.2. The summed E-state index contributed by atoms with van der Waals surface area (Å²) in [5, 5.41) is 0. The van der Waals surface area contributed by atoms with Gasteiger partial charge < -0.3 is 0 Å². The van der Waals surface area contributed by atoms with Crippen LogP contribution in [0.2, 0.25) is 0 Å². The Hall–Kier alpha value is 0.464. The van der Waals surface area contributed by atoms with Crippen molar-refractivity contribution in [1.82, 2.24) is 0 Å². The van der Waals surface area contributed by atoms with Crippen molar-refractivity contribution >= 4 is 27.3 Å². The van der Waals surface area contributed by atoms with Crippen LogP contribution in [0.3, 0.4) is 0 Å². The first-order chi connectivity index (χ1) is 3.81. The molecule has 0 aromatic carbocycles. The Morgan fingerprint density at radius 3 is 2.62 bits per heavy atom. The molecule has 0 atom stereocenters. The maximum absolute atomic E-state index is 5.40. The molecular formula is C5H6INV. The summed E-state index contributed by atoms with van der Waals surface area (Å²) < 4.78 is 3.70. The molecule has 2 N–H and O–H groups in total. The van der Waals surface area contributed by atoms with Crippen LogP contribution in [0.1, 0.15) is 0 Å². The number of halogens is 1. The summed E-state index contributed by atoms with van der Waals surface area (Å²) in [5.41, 5.74) is 6.18. The Labute approximate surface area is 71.7 Å². The van der Waals surface area contributed by atoms with E-state index in [-0.39, 0.29) is 0 Å². The molecule has 0 heterocycles. The minimum absolute atomic E-state index is 0.785. The zero-order valence-corrected chi connectivity index (χ0v) is 7.77. The summed E-state index contributed by atoms with van der Waals surface area (Å²) in [5.74, 6) is 0. The first-order valence-corrected chi connectivity index (χ1v) is 4.06. The van der Waals surface area contributed by atoms with Crippen LogP contribution in [0.25, 0.3) is 0 Å². The van der Waals surface area contributed by atoms with Crippen LogP contribution in [0.5, 0.6) is 0 Å². The average molecular weight is 258 g/mol. The third-order valence-electron chi connectivity index (χ3n) is 0.501. The van der Waals surface area contributed by atoms with Crippen LogP contribution in [-0.4, -0.2) is 4.73 Å². The van der Waals surface area contributed by atoms with Crippen molar-refractivity contribution < 1.29 is 17.0 Å². The van der Waals surface area contributed by atoms with E-state index in [1.807, 2.05) is 21.0 Å². The molecule has 0 bridgehead atoms. The van der Waals surface area contributed by atoms with Gasteiger partial charge in [0.05, 0.1) is 0 Å². The Bertz CT molecular complexity index is 128. The molecule has 0 saturated carbocycles. The SMILES string of the molecule is NC(=CI)/C=C\[CH]=[V]. The quantitative estimate of drug-likeness (QED) is 0.583. The summed E-state index contributed by atoms with van der Waals surface area (Å²) in [6.45, 7) is 0. The van der Waals surface area contributed by atoms with E-state index in [2.05, 4.69) is 39.6 Å². The number of nitrogens with two attached hydrogens (primary N) is 1. The molecule has 0 spiro atoms. The molecule has 8 heavy (non-hydrogen) atoms. The number of allylic oxidation sites excluding steroid dienone is 2. The van der Waals surface area contributed by atoms with E-state index in [1.54, 1.807) is 0 Å². The van der Waals surface area contributed by atoms with Gasteiger partial charge in [-0.05, 0) is 0 Å². The fourth-order valence-electron chi connectivity index (χ4n) is 0.191. The monoisotopic (exact) mass is 258 g/mol. The minimum atomic E-state index is 0.785. The van der Waals surface area contributed by atoms with Crippen LogP contribution in [-0.2, 0) is 17.0 Å². The summed E-state index contributed by atoms with van der Waals surface area (Å²) in [7, 11) is 0. The molecule has 0 unspecified atom stereocenters. The standard InChI is InChI=1S/C5H6IN.V/c1-2-3-5(7)4-6;/h1-4H,7H2;/b3-2-,5-4?;. The molecule has 0 aliphatic rings. The van der Waals surface area contributed by atoms with Gasteiger partial charge >= 0.3 is 72.0 Å². The molecule has 0 amide bonds.